The highest BCUT2D eigenvalue weighted by Crippen LogP contribution is 2.36. The quantitative estimate of drug-likeness (QED) is 0.445. The van der Waals surface area contributed by atoms with Gasteiger partial charge in [-0.3, -0.25) is 9.36 Å². The number of carbonyl (C=O) groups is 1. The van der Waals surface area contributed by atoms with Gasteiger partial charge in [-0.2, -0.15) is 0 Å². The molecule has 0 bridgehead atoms. The van der Waals surface area contributed by atoms with Crippen LogP contribution in [0.1, 0.15) is 24.0 Å². The van der Waals surface area contributed by atoms with Gasteiger partial charge in [0.15, 0.2) is 0 Å². The Morgan fingerprint density at radius 3 is 2.56 bits per heavy atom. The summed E-state index contributed by atoms with van der Waals surface area (Å²) < 4.78 is 8.52. The van der Waals surface area contributed by atoms with E-state index in [0.29, 0.717) is 32.6 Å². The van der Waals surface area contributed by atoms with Crippen LogP contribution in [0, 0.1) is 0 Å². The zero-order valence-corrected chi connectivity index (χ0v) is 19.1. The smallest absolute Gasteiger partial charge is 0.231 e. The number of amides is 1. The van der Waals surface area contributed by atoms with E-state index in [1.54, 1.807) is 12.5 Å². The Balaban J connectivity index is 1.32. The van der Waals surface area contributed by atoms with Crippen molar-refractivity contribution >= 4 is 32.9 Å². The van der Waals surface area contributed by atoms with Crippen molar-refractivity contribution in [2.24, 2.45) is 0 Å². The number of hydrogen-bond acceptors (Lipinski definition) is 4. The van der Waals surface area contributed by atoms with E-state index in [0.717, 1.165) is 32.5 Å². The van der Waals surface area contributed by atoms with E-state index >= 15 is 0 Å². The van der Waals surface area contributed by atoms with Crippen LogP contribution in [0.5, 0.6) is 0 Å². The average molecular weight is 491 g/mol. The van der Waals surface area contributed by atoms with Gasteiger partial charge in [0.25, 0.3) is 0 Å². The number of pyridine rings is 1. The van der Waals surface area contributed by atoms with Gasteiger partial charge in [-0.1, -0.05) is 46.3 Å². The standard InChI is InChI=1S/C25H23BrN4O2/c26-20-8-6-19(7-9-20)25(11-13-32-14-12-25)24(31)28-16-18-5-10-23(27-15-18)30-17-29-21-3-1-2-4-22(21)30/h1-10,15,17H,11-14,16H2,(H,28,31). The van der Waals surface area contributed by atoms with Crippen molar-refractivity contribution in [3.05, 3.63) is 88.8 Å². The van der Waals surface area contributed by atoms with Crippen LogP contribution in [0.2, 0.25) is 0 Å². The normalized spacial score (nSPS) is 15.5. The molecule has 0 radical (unpaired) electrons. The van der Waals surface area contributed by atoms with Crippen molar-refractivity contribution < 1.29 is 9.53 Å². The molecule has 162 valence electrons. The molecule has 1 fully saturated rings. The summed E-state index contributed by atoms with van der Waals surface area (Å²) in [5, 5.41) is 3.14. The largest absolute Gasteiger partial charge is 0.381 e. The zero-order valence-electron chi connectivity index (χ0n) is 17.5. The predicted molar refractivity (Wildman–Crippen MR) is 127 cm³/mol. The molecule has 0 unspecified atom stereocenters. The number of ether oxygens (including phenoxy) is 1. The molecule has 1 saturated heterocycles. The Bertz CT molecular complexity index is 1230. The summed E-state index contributed by atoms with van der Waals surface area (Å²) in [5.41, 5.74) is 3.35. The Kier molecular flexibility index (Phi) is 5.76. The lowest BCUT2D eigenvalue weighted by Crippen LogP contribution is -2.47. The molecule has 0 saturated carbocycles. The van der Waals surface area contributed by atoms with Crippen molar-refractivity contribution in [1.82, 2.24) is 19.9 Å². The first kappa shape index (κ1) is 20.8. The molecule has 0 spiro atoms. The van der Waals surface area contributed by atoms with Gasteiger partial charge in [0, 0.05) is 30.4 Å². The Hall–Kier alpha value is -3.03. The summed E-state index contributed by atoms with van der Waals surface area (Å²) in [6, 6.07) is 19.9. The number of nitrogens with zero attached hydrogens (tertiary/aromatic N) is 3. The van der Waals surface area contributed by atoms with Crippen molar-refractivity contribution in [3.63, 3.8) is 0 Å². The topological polar surface area (TPSA) is 69.0 Å². The van der Waals surface area contributed by atoms with Gasteiger partial charge in [-0.25, -0.2) is 9.97 Å². The maximum absolute atomic E-state index is 13.4. The lowest BCUT2D eigenvalue weighted by Gasteiger charge is -2.36. The molecule has 5 rings (SSSR count). The lowest BCUT2D eigenvalue weighted by molar-refractivity contribution is -0.130. The van der Waals surface area contributed by atoms with E-state index in [2.05, 4.69) is 31.2 Å². The molecular formula is C25H23BrN4O2. The molecule has 0 atom stereocenters. The molecule has 2 aromatic heterocycles. The predicted octanol–water partition coefficient (Wildman–Crippen LogP) is 4.55. The number of halogens is 1. The molecule has 7 heteroatoms. The first-order valence-electron chi connectivity index (χ1n) is 10.7. The molecule has 1 N–H and O–H groups in total. The maximum Gasteiger partial charge on any atom is 0.231 e. The fraction of sp³-hybridized carbons (Fsp3) is 0.240. The summed E-state index contributed by atoms with van der Waals surface area (Å²) in [6.45, 7) is 1.59. The summed E-state index contributed by atoms with van der Waals surface area (Å²) in [4.78, 5) is 22.4. The number of para-hydroxylation sites is 2. The lowest BCUT2D eigenvalue weighted by atomic mass is 9.73. The maximum atomic E-state index is 13.4. The van der Waals surface area contributed by atoms with E-state index in [9.17, 15) is 4.79 Å². The average Bonchev–Trinajstić information content (AvgIpc) is 3.28. The monoisotopic (exact) mass is 490 g/mol. The highest BCUT2D eigenvalue weighted by atomic mass is 79.9. The van der Waals surface area contributed by atoms with Gasteiger partial charge in [0.1, 0.15) is 12.1 Å². The minimum absolute atomic E-state index is 0.0350. The van der Waals surface area contributed by atoms with E-state index in [1.807, 2.05) is 65.2 Å². The fourth-order valence-electron chi connectivity index (χ4n) is 4.29. The summed E-state index contributed by atoms with van der Waals surface area (Å²) in [5.74, 6) is 0.831. The van der Waals surface area contributed by atoms with E-state index in [-0.39, 0.29) is 5.91 Å². The van der Waals surface area contributed by atoms with Crippen LogP contribution in [0.4, 0.5) is 0 Å². The van der Waals surface area contributed by atoms with E-state index < -0.39 is 5.41 Å². The second-order valence-electron chi connectivity index (χ2n) is 8.01. The molecule has 32 heavy (non-hydrogen) atoms. The molecule has 0 aliphatic carbocycles. The fourth-order valence-corrected chi connectivity index (χ4v) is 4.56. The number of rotatable bonds is 5. The second-order valence-corrected chi connectivity index (χ2v) is 8.93. The third-order valence-electron chi connectivity index (χ3n) is 6.14. The van der Waals surface area contributed by atoms with Crippen molar-refractivity contribution in [3.8, 4) is 5.82 Å². The van der Waals surface area contributed by atoms with E-state index in [1.165, 1.54) is 0 Å². The molecule has 2 aromatic carbocycles. The van der Waals surface area contributed by atoms with Crippen molar-refractivity contribution in [2.75, 3.05) is 13.2 Å². The van der Waals surface area contributed by atoms with Crippen LogP contribution >= 0.6 is 15.9 Å². The second kappa shape index (κ2) is 8.84. The summed E-state index contributed by atoms with van der Waals surface area (Å²) in [6.07, 6.45) is 4.93. The van der Waals surface area contributed by atoms with Crippen molar-refractivity contribution in [2.45, 2.75) is 24.8 Å². The van der Waals surface area contributed by atoms with Gasteiger partial charge in [0.2, 0.25) is 5.91 Å². The number of aromatic nitrogens is 3. The van der Waals surface area contributed by atoms with Gasteiger partial charge in [0.05, 0.1) is 16.4 Å². The first-order valence-corrected chi connectivity index (χ1v) is 11.4. The van der Waals surface area contributed by atoms with Crippen LogP contribution in [0.15, 0.2) is 77.7 Å². The molecule has 3 heterocycles. The Labute approximate surface area is 194 Å². The molecule has 1 amide bonds. The van der Waals surface area contributed by atoms with Gasteiger partial charge >= 0.3 is 0 Å². The van der Waals surface area contributed by atoms with Crippen LogP contribution in [-0.4, -0.2) is 33.7 Å². The minimum Gasteiger partial charge on any atom is -0.381 e. The van der Waals surface area contributed by atoms with Crippen LogP contribution < -0.4 is 5.32 Å². The van der Waals surface area contributed by atoms with E-state index in [4.69, 9.17) is 4.74 Å². The van der Waals surface area contributed by atoms with Crippen LogP contribution in [0.3, 0.4) is 0 Å². The molecule has 1 aliphatic heterocycles. The number of fused-ring (bicyclic) bond motifs is 1. The Morgan fingerprint density at radius 2 is 1.81 bits per heavy atom. The Morgan fingerprint density at radius 1 is 1.03 bits per heavy atom. The molecule has 6 nitrogen and oxygen atoms in total. The number of hydrogen-bond donors (Lipinski definition) is 1. The van der Waals surface area contributed by atoms with Crippen molar-refractivity contribution in [1.29, 1.82) is 0 Å². The highest BCUT2D eigenvalue weighted by Gasteiger charge is 2.41. The molecule has 4 aromatic rings. The number of benzene rings is 2. The molecular weight excluding hydrogens is 468 g/mol. The SMILES string of the molecule is O=C(NCc1ccc(-n2cnc3ccccc32)nc1)C1(c2ccc(Br)cc2)CCOCC1. The minimum atomic E-state index is -0.567. The molecule has 1 aliphatic rings. The van der Waals surface area contributed by atoms with Crippen LogP contribution in [-0.2, 0) is 21.5 Å². The van der Waals surface area contributed by atoms with Crippen LogP contribution in [0.25, 0.3) is 16.9 Å². The summed E-state index contributed by atoms with van der Waals surface area (Å²) in [7, 11) is 0. The summed E-state index contributed by atoms with van der Waals surface area (Å²) >= 11 is 3.48. The van der Waals surface area contributed by atoms with Gasteiger partial charge < -0.3 is 10.1 Å². The highest BCUT2D eigenvalue weighted by molar-refractivity contribution is 9.10. The third kappa shape index (κ3) is 3.94. The zero-order chi connectivity index (χ0) is 22.0. The third-order valence-corrected chi connectivity index (χ3v) is 6.67. The van der Waals surface area contributed by atoms with Gasteiger partial charge in [-0.05, 0) is 54.3 Å². The number of nitrogens with one attached hydrogen (secondary N) is 1. The number of imidazole rings is 1. The number of carbonyl (C=O) groups excluding carboxylic acids is 1. The first-order chi connectivity index (χ1) is 15.7. The van der Waals surface area contributed by atoms with Gasteiger partial charge in [-0.15, -0.1) is 0 Å².